The average molecular weight is 314 g/mol. The van der Waals surface area contributed by atoms with E-state index in [1.807, 2.05) is 48.5 Å². The van der Waals surface area contributed by atoms with E-state index in [9.17, 15) is 9.59 Å². The maximum Gasteiger partial charge on any atom is 0.262 e. The quantitative estimate of drug-likeness (QED) is 0.524. The second-order valence-electron chi connectivity index (χ2n) is 5.68. The summed E-state index contributed by atoms with van der Waals surface area (Å²) in [4.78, 5) is 29.5. The zero-order chi connectivity index (χ0) is 16.7. The van der Waals surface area contributed by atoms with E-state index < -0.39 is 11.1 Å². The Morgan fingerprint density at radius 2 is 1.29 bits per heavy atom. The van der Waals surface area contributed by atoms with Gasteiger partial charge >= 0.3 is 0 Å². The van der Waals surface area contributed by atoms with Crippen LogP contribution < -0.4 is 21.8 Å². The third kappa shape index (κ3) is 2.25. The predicted molar refractivity (Wildman–Crippen MR) is 97.5 cm³/mol. The molecule has 0 saturated heterocycles. The normalized spacial score (nSPS) is 11.0. The van der Waals surface area contributed by atoms with Crippen LogP contribution in [0, 0.1) is 0 Å². The standard InChI is InChI=1S/C20H14N2O2/c1-12-21-19(23)18(20(24)22-12)11-17-15-8-4-2-6-13(15)10-14-7-3-5-9-16(14)17/h2-11H,1H2,(H,21,23)(H,22,24). The average Bonchev–Trinajstić information content (AvgIpc) is 2.57. The summed E-state index contributed by atoms with van der Waals surface area (Å²) in [6, 6.07) is 18.0. The second-order valence-corrected chi connectivity index (χ2v) is 5.68. The molecule has 4 rings (SSSR count). The van der Waals surface area contributed by atoms with Crippen molar-refractivity contribution < 1.29 is 0 Å². The number of hydrogen-bond donors (Lipinski definition) is 2. The van der Waals surface area contributed by atoms with Gasteiger partial charge in [-0.1, -0.05) is 55.1 Å². The molecule has 0 spiro atoms. The molecule has 4 heteroatoms. The number of H-pyrrole nitrogens is 2. The highest BCUT2D eigenvalue weighted by molar-refractivity contribution is 6.06. The highest BCUT2D eigenvalue weighted by Crippen LogP contribution is 2.28. The lowest BCUT2D eigenvalue weighted by Gasteiger charge is -2.08. The van der Waals surface area contributed by atoms with Crippen molar-refractivity contribution in [3.8, 4) is 0 Å². The Bertz CT molecular complexity index is 1220. The Labute approximate surface area is 136 Å². The number of aromatic nitrogens is 2. The summed E-state index contributed by atoms with van der Waals surface area (Å²) in [6.45, 7) is 3.57. The first-order valence-corrected chi connectivity index (χ1v) is 7.57. The van der Waals surface area contributed by atoms with E-state index in [4.69, 9.17) is 0 Å². The van der Waals surface area contributed by atoms with E-state index >= 15 is 0 Å². The van der Waals surface area contributed by atoms with E-state index in [0.717, 1.165) is 27.1 Å². The lowest BCUT2D eigenvalue weighted by molar-refractivity contribution is 0.993. The van der Waals surface area contributed by atoms with Gasteiger partial charge in [0.2, 0.25) is 0 Å². The van der Waals surface area contributed by atoms with Gasteiger partial charge in [-0.2, -0.15) is 0 Å². The molecule has 1 aromatic heterocycles. The molecule has 1 heterocycles. The van der Waals surface area contributed by atoms with E-state index in [1.54, 1.807) is 6.08 Å². The van der Waals surface area contributed by atoms with Crippen LogP contribution in [0.3, 0.4) is 0 Å². The lowest BCUT2D eigenvalue weighted by atomic mass is 9.96. The molecule has 0 aliphatic carbocycles. The Morgan fingerprint density at radius 1 is 0.792 bits per heavy atom. The smallest absolute Gasteiger partial charge is 0.262 e. The Balaban J connectivity index is 2.24. The van der Waals surface area contributed by atoms with Gasteiger partial charge in [0, 0.05) is 0 Å². The van der Waals surface area contributed by atoms with Gasteiger partial charge in [0.1, 0.15) is 10.7 Å². The molecule has 0 atom stereocenters. The summed E-state index contributed by atoms with van der Waals surface area (Å²) in [5, 5.41) is 4.18. The van der Waals surface area contributed by atoms with Crippen LogP contribution >= 0.6 is 0 Å². The van der Waals surface area contributed by atoms with Crippen molar-refractivity contribution in [2.45, 2.75) is 0 Å². The molecule has 0 saturated carbocycles. The molecule has 0 fully saturated rings. The number of aromatic amines is 2. The number of benzene rings is 3. The van der Waals surface area contributed by atoms with Crippen LogP contribution in [0.15, 0.2) is 64.2 Å². The second kappa shape index (κ2) is 5.35. The molecule has 4 aromatic rings. The van der Waals surface area contributed by atoms with Crippen molar-refractivity contribution >= 4 is 34.2 Å². The van der Waals surface area contributed by atoms with Crippen molar-refractivity contribution in [2.75, 3.05) is 0 Å². The maximum atomic E-state index is 12.2. The summed E-state index contributed by atoms with van der Waals surface area (Å²) in [5.74, 6) is 0. The van der Waals surface area contributed by atoms with Gasteiger partial charge < -0.3 is 9.97 Å². The van der Waals surface area contributed by atoms with E-state index in [2.05, 4.69) is 22.6 Å². The van der Waals surface area contributed by atoms with E-state index in [1.165, 1.54) is 0 Å². The first-order valence-electron chi connectivity index (χ1n) is 7.57. The molecule has 0 aliphatic heterocycles. The highest BCUT2D eigenvalue weighted by Gasteiger charge is 2.06. The molecule has 0 bridgehead atoms. The fourth-order valence-electron chi connectivity index (χ4n) is 3.02. The Morgan fingerprint density at radius 3 is 1.83 bits per heavy atom. The first-order chi connectivity index (χ1) is 11.6. The number of nitrogens with one attached hydrogen (secondary N) is 2. The van der Waals surface area contributed by atoms with Gasteiger partial charge in [-0.25, -0.2) is 0 Å². The van der Waals surface area contributed by atoms with E-state index in [-0.39, 0.29) is 10.7 Å². The summed E-state index contributed by atoms with van der Waals surface area (Å²) in [5.41, 5.74) is 0.169. The van der Waals surface area contributed by atoms with Gasteiger partial charge in [-0.3, -0.25) is 9.59 Å². The van der Waals surface area contributed by atoms with Crippen molar-refractivity contribution in [3.63, 3.8) is 0 Å². The minimum Gasteiger partial charge on any atom is -0.308 e. The predicted octanol–water partition coefficient (Wildman–Crippen LogP) is 1.61. The molecule has 3 aromatic carbocycles. The summed E-state index contributed by atoms with van der Waals surface area (Å²) in [6.07, 6.45) is 1.65. The van der Waals surface area contributed by atoms with Crippen LogP contribution in [-0.4, -0.2) is 9.97 Å². The fraction of sp³-hybridized carbons (Fsp3) is 0. The summed E-state index contributed by atoms with van der Waals surface area (Å²) in [7, 11) is 0. The van der Waals surface area contributed by atoms with E-state index in [0.29, 0.717) is 0 Å². The van der Waals surface area contributed by atoms with Crippen LogP contribution in [0.1, 0.15) is 5.56 Å². The van der Waals surface area contributed by atoms with Crippen LogP contribution in [0.4, 0.5) is 0 Å². The summed E-state index contributed by atoms with van der Waals surface area (Å²) < 4.78 is 0. The van der Waals surface area contributed by atoms with Crippen LogP contribution in [-0.2, 0) is 0 Å². The van der Waals surface area contributed by atoms with Gasteiger partial charge in [0.05, 0.1) is 0 Å². The third-order valence-corrected chi connectivity index (χ3v) is 4.12. The van der Waals surface area contributed by atoms with Crippen molar-refractivity contribution in [1.82, 2.24) is 9.97 Å². The largest absolute Gasteiger partial charge is 0.308 e. The molecule has 116 valence electrons. The zero-order valence-corrected chi connectivity index (χ0v) is 12.8. The Kier molecular flexibility index (Phi) is 3.17. The van der Waals surface area contributed by atoms with Crippen LogP contribution in [0.5, 0.6) is 0 Å². The molecule has 0 aliphatic rings. The minimum absolute atomic E-state index is 0.0731. The molecule has 0 amide bonds. The monoisotopic (exact) mass is 314 g/mol. The number of hydrogen-bond acceptors (Lipinski definition) is 2. The summed E-state index contributed by atoms with van der Waals surface area (Å²) >= 11 is 0. The van der Waals surface area contributed by atoms with Gasteiger partial charge in [-0.05, 0) is 39.3 Å². The van der Waals surface area contributed by atoms with Gasteiger partial charge in [-0.15, -0.1) is 0 Å². The molecule has 0 radical (unpaired) electrons. The van der Waals surface area contributed by atoms with Gasteiger partial charge in [0.25, 0.3) is 11.1 Å². The van der Waals surface area contributed by atoms with Crippen LogP contribution in [0.25, 0.3) is 34.2 Å². The Hall–Kier alpha value is -3.40. The molecule has 4 nitrogen and oxygen atoms in total. The van der Waals surface area contributed by atoms with Crippen LogP contribution in [0.2, 0.25) is 0 Å². The molecule has 0 unspecified atom stereocenters. The zero-order valence-electron chi connectivity index (χ0n) is 12.8. The first kappa shape index (κ1) is 14.2. The molecular weight excluding hydrogens is 300 g/mol. The molecular formula is C20H14N2O2. The SMILES string of the molecule is C=c1[nH]c(=O)c(=Cc2c3ccccc3cc3ccccc23)c(=O)[nH]1. The minimum atomic E-state index is -0.444. The number of fused-ring (bicyclic) bond motifs is 2. The fourth-order valence-corrected chi connectivity index (χ4v) is 3.02. The van der Waals surface area contributed by atoms with Crippen molar-refractivity contribution in [2.24, 2.45) is 0 Å². The van der Waals surface area contributed by atoms with Crippen molar-refractivity contribution in [3.05, 3.63) is 91.6 Å². The van der Waals surface area contributed by atoms with Gasteiger partial charge in [0.15, 0.2) is 0 Å². The van der Waals surface area contributed by atoms with Crippen molar-refractivity contribution in [1.29, 1.82) is 0 Å². The highest BCUT2D eigenvalue weighted by atomic mass is 16.1. The number of rotatable bonds is 1. The lowest BCUT2D eigenvalue weighted by Crippen LogP contribution is -2.47. The third-order valence-electron chi connectivity index (χ3n) is 4.12. The molecule has 2 N–H and O–H groups in total. The topological polar surface area (TPSA) is 65.7 Å². The maximum absolute atomic E-state index is 12.2. The molecule has 24 heavy (non-hydrogen) atoms.